The smallest absolute Gasteiger partial charge is 0.330 e. The molecule has 5 nitrogen and oxygen atoms in total. The zero-order valence-corrected chi connectivity index (χ0v) is 22.3. The number of esters is 1. The van der Waals surface area contributed by atoms with E-state index in [4.69, 9.17) is 14.2 Å². The van der Waals surface area contributed by atoms with E-state index in [9.17, 15) is 9.59 Å². The molecular formula is C32H42O5. The van der Waals surface area contributed by atoms with Gasteiger partial charge in [0.1, 0.15) is 11.5 Å². The Morgan fingerprint density at radius 2 is 1.46 bits per heavy atom. The highest BCUT2D eigenvalue weighted by Gasteiger charge is 2.21. The molecule has 0 radical (unpaired) electrons. The summed E-state index contributed by atoms with van der Waals surface area (Å²) in [5.41, 5.74) is 2.00. The standard InChI is InChI=1S/C32H42O5/c1-3-9-25-10-12-26(13-11-25)27-14-18-30(19-15-27)37-24-31(33)28-16-20-29(21-17-28)35-22-7-5-6-8-23-36-32(34)4-2/h4,14-21,25-26H,2-3,5-13,22-24H2,1H3. The number of benzene rings is 2. The van der Waals surface area contributed by atoms with Crippen molar-refractivity contribution < 1.29 is 23.8 Å². The van der Waals surface area contributed by atoms with Crippen molar-refractivity contribution in [2.45, 2.75) is 77.0 Å². The number of rotatable bonds is 16. The van der Waals surface area contributed by atoms with Gasteiger partial charge in [-0.3, -0.25) is 4.79 Å². The van der Waals surface area contributed by atoms with Crippen LogP contribution in [0.15, 0.2) is 61.2 Å². The Morgan fingerprint density at radius 3 is 2.11 bits per heavy atom. The third-order valence-corrected chi connectivity index (χ3v) is 7.16. The number of carbonyl (C=O) groups excluding carboxylic acids is 2. The van der Waals surface area contributed by atoms with E-state index >= 15 is 0 Å². The molecule has 0 aromatic heterocycles. The summed E-state index contributed by atoms with van der Waals surface area (Å²) in [6.45, 7) is 6.70. The van der Waals surface area contributed by atoms with Gasteiger partial charge < -0.3 is 14.2 Å². The molecule has 0 atom stereocenters. The zero-order chi connectivity index (χ0) is 26.3. The zero-order valence-electron chi connectivity index (χ0n) is 22.3. The summed E-state index contributed by atoms with van der Waals surface area (Å²) in [7, 11) is 0. The van der Waals surface area contributed by atoms with E-state index in [0.29, 0.717) is 24.7 Å². The second kappa shape index (κ2) is 15.9. The summed E-state index contributed by atoms with van der Waals surface area (Å²) in [6, 6.07) is 15.5. The molecule has 1 aliphatic rings. The number of hydrogen-bond acceptors (Lipinski definition) is 5. The molecule has 0 unspecified atom stereocenters. The van der Waals surface area contributed by atoms with Crippen LogP contribution in [0, 0.1) is 5.92 Å². The Labute approximate surface area is 222 Å². The molecule has 0 bridgehead atoms. The predicted molar refractivity (Wildman–Crippen MR) is 147 cm³/mol. The van der Waals surface area contributed by atoms with E-state index < -0.39 is 0 Å². The predicted octanol–water partition coefficient (Wildman–Crippen LogP) is 7.69. The number of ether oxygens (including phenoxy) is 3. The lowest BCUT2D eigenvalue weighted by atomic mass is 9.77. The van der Waals surface area contributed by atoms with Crippen molar-refractivity contribution in [3.63, 3.8) is 0 Å². The third kappa shape index (κ3) is 10.1. The first-order valence-electron chi connectivity index (χ1n) is 13.9. The van der Waals surface area contributed by atoms with E-state index in [1.165, 1.54) is 50.2 Å². The van der Waals surface area contributed by atoms with Gasteiger partial charge in [-0.05, 0) is 105 Å². The summed E-state index contributed by atoms with van der Waals surface area (Å²) in [4.78, 5) is 23.5. The summed E-state index contributed by atoms with van der Waals surface area (Å²) in [5.74, 6) is 2.61. The van der Waals surface area contributed by atoms with Crippen LogP contribution in [-0.4, -0.2) is 31.6 Å². The highest BCUT2D eigenvalue weighted by atomic mass is 16.5. The van der Waals surface area contributed by atoms with Crippen molar-refractivity contribution in [2.75, 3.05) is 19.8 Å². The van der Waals surface area contributed by atoms with Gasteiger partial charge in [0.15, 0.2) is 12.4 Å². The van der Waals surface area contributed by atoms with Gasteiger partial charge in [-0.15, -0.1) is 0 Å². The second-order valence-electron chi connectivity index (χ2n) is 9.95. The molecule has 2 aromatic carbocycles. The Balaban J connectivity index is 1.31. The Bertz CT molecular complexity index is 956. The largest absolute Gasteiger partial charge is 0.494 e. The van der Waals surface area contributed by atoms with Gasteiger partial charge >= 0.3 is 5.97 Å². The molecule has 3 rings (SSSR count). The van der Waals surface area contributed by atoms with Gasteiger partial charge in [0, 0.05) is 11.6 Å². The molecule has 0 heterocycles. The maximum absolute atomic E-state index is 12.6. The second-order valence-corrected chi connectivity index (χ2v) is 9.95. The molecule has 200 valence electrons. The van der Waals surface area contributed by atoms with Gasteiger partial charge in [-0.25, -0.2) is 4.79 Å². The molecule has 0 spiro atoms. The van der Waals surface area contributed by atoms with Crippen molar-refractivity contribution in [3.05, 3.63) is 72.3 Å². The van der Waals surface area contributed by atoms with Crippen LogP contribution in [0.1, 0.15) is 93.0 Å². The lowest BCUT2D eigenvalue weighted by molar-refractivity contribution is -0.137. The lowest BCUT2D eigenvalue weighted by Crippen LogP contribution is -2.13. The van der Waals surface area contributed by atoms with E-state index in [1.54, 1.807) is 12.1 Å². The van der Waals surface area contributed by atoms with Gasteiger partial charge in [-0.1, -0.05) is 38.5 Å². The average Bonchev–Trinajstić information content (AvgIpc) is 2.94. The maximum Gasteiger partial charge on any atom is 0.330 e. The van der Waals surface area contributed by atoms with Crippen LogP contribution < -0.4 is 9.47 Å². The van der Waals surface area contributed by atoms with Crippen molar-refractivity contribution in [1.82, 2.24) is 0 Å². The minimum absolute atomic E-state index is 0.0176. The highest BCUT2D eigenvalue weighted by Crippen LogP contribution is 2.37. The van der Waals surface area contributed by atoms with Crippen LogP contribution in [0.4, 0.5) is 0 Å². The SMILES string of the molecule is C=CC(=O)OCCCCCCOc1ccc(C(=O)COc2ccc(C3CCC(CCC)CC3)cc2)cc1. The van der Waals surface area contributed by atoms with Gasteiger partial charge in [0.05, 0.1) is 13.2 Å². The molecule has 37 heavy (non-hydrogen) atoms. The topological polar surface area (TPSA) is 61.8 Å². The number of unbranched alkanes of at least 4 members (excludes halogenated alkanes) is 3. The van der Waals surface area contributed by atoms with Crippen molar-refractivity contribution in [1.29, 1.82) is 0 Å². The molecule has 0 saturated heterocycles. The van der Waals surface area contributed by atoms with E-state index in [0.717, 1.165) is 43.1 Å². The number of Topliss-reactive ketones (excluding diaryl/α,β-unsaturated/α-hetero) is 1. The minimum Gasteiger partial charge on any atom is -0.494 e. The van der Waals surface area contributed by atoms with Crippen molar-refractivity contribution in [2.24, 2.45) is 5.92 Å². The maximum atomic E-state index is 12.6. The van der Waals surface area contributed by atoms with Crippen LogP contribution in [0.25, 0.3) is 0 Å². The average molecular weight is 507 g/mol. The van der Waals surface area contributed by atoms with Gasteiger partial charge in [0.25, 0.3) is 0 Å². The fourth-order valence-electron chi connectivity index (χ4n) is 4.98. The molecule has 0 amide bonds. The summed E-state index contributed by atoms with van der Waals surface area (Å²) < 4.78 is 16.5. The lowest BCUT2D eigenvalue weighted by Gasteiger charge is -2.28. The third-order valence-electron chi connectivity index (χ3n) is 7.16. The van der Waals surface area contributed by atoms with E-state index in [1.807, 2.05) is 24.3 Å². The number of ketones is 1. The summed E-state index contributed by atoms with van der Waals surface area (Å²) >= 11 is 0. The summed E-state index contributed by atoms with van der Waals surface area (Å²) in [6.07, 6.45) is 12.8. The van der Waals surface area contributed by atoms with Crippen LogP contribution in [-0.2, 0) is 9.53 Å². The molecule has 1 saturated carbocycles. The first kappa shape index (κ1) is 28.5. The Hall–Kier alpha value is -3.08. The van der Waals surface area contributed by atoms with Crippen LogP contribution in [0.5, 0.6) is 11.5 Å². The fraction of sp³-hybridized carbons (Fsp3) is 0.500. The van der Waals surface area contributed by atoms with Gasteiger partial charge in [-0.2, -0.15) is 0 Å². The first-order chi connectivity index (χ1) is 18.1. The van der Waals surface area contributed by atoms with Crippen molar-refractivity contribution in [3.8, 4) is 11.5 Å². The number of hydrogen-bond donors (Lipinski definition) is 0. The van der Waals surface area contributed by atoms with Crippen molar-refractivity contribution >= 4 is 11.8 Å². The van der Waals surface area contributed by atoms with Crippen LogP contribution in [0.2, 0.25) is 0 Å². The molecular weight excluding hydrogens is 464 g/mol. The molecule has 1 fully saturated rings. The van der Waals surface area contributed by atoms with Gasteiger partial charge in [0.2, 0.25) is 0 Å². The normalized spacial score (nSPS) is 17.1. The van der Waals surface area contributed by atoms with Crippen LogP contribution >= 0.6 is 0 Å². The molecule has 1 aliphatic carbocycles. The summed E-state index contributed by atoms with van der Waals surface area (Å²) in [5, 5.41) is 0. The number of carbonyl (C=O) groups is 2. The Kier molecular flexibility index (Phi) is 12.2. The molecule has 5 heteroatoms. The minimum atomic E-state index is -0.374. The van der Waals surface area contributed by atoms with E-state index in [-0.39, 0.29) is 18.4 Å². The fourth-order valence-corrected chi connectivity index (χ4v) is 4.98. The van der Waals surface area contributed by atoms with Crippen LogP contribution in [0.3, 0.4) is 0 Å². The molecule has 0 aliphatic heterocycles. The Morgan fingerprint density at radius 1 is 0.838 bits per heavy atom. The highest BCUT2D eigenvalue weighted by molar-refractivity contribution is 5.97. The monoisotopic (exact) mass is 506 g/mol. The first-order valence-corrected chi connectivity index (χ1v) is 13.9. The molecule has 2 aromatic rings. The molecule has 0 N–H and O–H groups in total. The quantitative estimate of drug-likeness (QED) is 0.101. The van der Waals surface area contributed by atoms with E-state index in [2.05, 4.69) is 25.6 Å².